The van der Waals surface area contributed by atoms with Crippen LogP contribution in [0.25, 0.3) is 0 Å². The zero-order valence-electron chi connectivity index (χ0n) is 10.2. The molecule has 0 radical (unpaired) electrons. The highest BCUT2D eigenvalue weighted by atomic mass is 35.5. The van der Waals surface area contributed by atoms with Crippen molar-refractivity contribution < 1.29 is 9.13 Å². The van der Waals surface area contributed by atoms with E-state index in [9.17, 15) is 4.39 Å². The molecule has 2 heterocycles. The molecular formula is C14H12ClFN2O. The minimum atomic E-state index is -0.362. The van der Waals surface area contributed by atoms with Crippen LogP contribution in [0.2, 0.25) is 5.02 Å². The second-order valence-electron chi connectivity index (χ2n) is 4.49. The Kier molecular flexibility index (Phi) is 3.03. The minimum absolute atomic E-state index is 0.0175. The van der Waals surface area contributed by atoms with Crippen LogP contribution in [0.3, 0.4) is 0 Å². The number of hydrogen-bond donors (Lipinski definition) is 1. The van der Waals surface area contributed by atoms with Gasteiger partial charge in [-0.15, -0.1) is 0 Å². The third-order valence-corrected chi connectivity index (χ3v) is 3.39. The number of fused-ring (bicyclic) bond motifs is 1. The first-order valence-electron chi connectivity index (χ1n) is 5.98. The molecule has 19 heavy (non-hydrogen) atoms. The van der Waals surface area contributed by atoms with Crippen molar-refractivity contribution in [3.8, 4) is 5.75 Å². The van der Waals surface area contributed by atoms with Crippen LogP contribution < -0.4 is 10.1 Å². The van der Waals surface area contributed by atoms with Gasteiger partial charge in [-0.25, -0.2) is 4.39 Å². The molecule has 2 aromatic rings. The Bertz CT molecular complexity index is 603. The van der Waals surface area contributed by atoms with Crippen molar-refractivity contribution >= 4 is 17.3 Å². The summed E-state index contributed by atoms with van der Waals surface area (Å²) in [5.74, 6) is 0.247. The molecule has 0 aliphatic carbocycles. The quantitative estimate of drug-likeness (QED) is 0.861. The third-order valence-electron chi connectivity index (χ3n) is 3.09. The fourth-order valence-electron chi connectivity index (χ4n) is 2.16. The zero-order valence-corrected chi connectivity index (χ0v) is 11.0. The van der Waals surface area contributed by atoms with Crippen molar-refractivity contribution in [2.24, 2.45) is 0 Å². The summed E-state index contributed by atoms with van der Waals surface area (Å²) in [5, 5.41) is 3.87. The van der Waals surface area contributed by atoms with Crippen molar-refractivity contribution in [1.29, 1.82) is 0 Å². The lowest BCUT2D eigenvalue weighted by molar-refractivity contribution is 0.173. The lowest BCUT2D eigenvalue weighted by atomic mass is 10.1. The predicted octanol–water partition coefficient (Wildman–Crippen LogP) is 3.81. The Morgan fingerprint density at radius 1 is 1.32 bits per heavy atom. The summed E-state index contributed by atoms with van der Waals surface area (Å²) >= 11 is 6.12. The van der Waals surface area contributed by atoms with E-state index in [4.69, 9.17) is 16.3 Å². The molecule has 1 aromatic heterocycles. The minimum Gasteiger partial charge on any atom is -0.478 e. The van der Waals surface area contributed by atoms with Gasteiger partial charge in [0, 0.05) is 0 Å². The van der Waals surface area contributed by atoms with Gasteiger partial charge in [0.1, 0.15) is 5.82 Å². The van der Waals surface area contributed by atoms with Crippen LogP contribution >= 0.6 is 11.6 Å². The van der Waals surface area contributed by atoms with Gasteiger partial charge in [-0.1, -0.05) is 17.7 Å². The number of rotatable bonds is 1. The predicted molar refractivity (Wildman–Crippen MR) is 72.1 cm³/mol. The van der Waals surface area contributed by atoms with Crippen LogP contribution in [0.15, 0.2) is 36.5 Å². The first kappa shape index (κ1) is 12.2. The van der Waals surface area contributed by atoms with E-state index >= 15 is 0 Å². The summed E-state index contributed by atoms with van der Waals surface area (Å²) in [6.45, 7) is 1.99. The fourth-order valence-corrected chi connectivity index (χ4v) is 2.38. The third kappa shape index (κ3) is 2.24. The van der Waals surface area contributed by atoms with Gasteiger partial charge in [0.15, 0.2) is 11.9 Å². The summed E-state index contributed by atoms with van der Waals surface area (Å²) in [6.07, 6.45) is 0.890. The molecule has 1 aliphatic rings. The summed E-state index contributed by atoms with van der Waals surface area (Å²) < 4.78 is 18.8. The van der Waals surface area contributed by atoms with Crippen molar-refractivity contribution in [3.05, 3.63) is 53.1 Å². The number of aromatic nitrogens is 1. The monoisotopic (exact) mass is 278 g/mol. The van der Waals surface area contributed by atoms with Gasteiger partial charge in [-0.05, 0) is 31.2 Å². The zero-order chi connectivity index (χ0) is 13.4. The van der Waals surface area contributed by atoms with Crippen LogP contribution in [0.5, 0.6) is 5.75 Å². The van der Waals surface area contributed by atoms with Crippen molar-refractivity contribution in [3.63, 3.8) is 0 Å². The molecule has 1 N–H and O–H groups in total. The molecule has 3 rings (SSSR count). The number of halogens is 2. The molecule has 3 nitrogen and oxygen atoms in total. The van der Waals surface area contributed by atoms with Crippen LogP contribution in [0, 0.1) is 5.82 Å². The van der Waals surface area contributed by atoms with E-state index in [1.54, 1.807) is 12.1 Å². The second-order valence-corrected chi connectivity index (χ2v) is 4.90. The van der Waals surface area contributed by atoms with E-state index in [2.05, 4.69) is 10.3 Å². The highest BCUT2D eigenvalue weighted by molar-refractivity contribution is 6.32. The molecule has 0 amide bonds. The van der Waals surface area contributed by atoms with Gasteiger partial charge < -0.3 is 10.1 Å². The lowest BCUT2D eigenvalue weighted by Gasteiger charge is -2.33. The average Bonchev–Trinajstić information content (AvgIpc) is 2.40. The maximum atomic E-state index is 12.9. The number of benzene rings is 1. The van der Waals surface area contributed by atoms with E-state index in [1.165, 1.54) is 12.3 Å². The fraction of sp³-hybridized carbons (Fsp3) is 0.214. The first-order valence-corrected chi connectivity index (χ1v) is 6.36. The maximum Gasteiger partial charge on any atom is 0.162 e. The molecule has 2 atom stereocenters. The Balaban J connectivity index is 1.97. The van der Waals surface area contributed by atoms with E-state index < -0.39 is 0 Å². The van der Waals surface area contributed by atoms with E-state index in [0.717, 1.165) is 5.69 Å². The number of para-hydroxylation sites is 1. The Morgan fingerprint density at radius 2 is 2.16 bits per heavy atom. The molecular weight excluding hydrogens is 267 g/mol. The van der Waals surface area contributed by atoms with Gasteiger partial charge in [0.25, 0.3) is 0 Å². The highest BCUT2D eigenvalue weighted by Crippen LogP contribution is 2.41. The summed E-state index contributed by atoms with van der Waals surface area (Å²) in [5.41, 5.74) is 1.53. The van der Waals surface area contributed by atoms with E-state index in [1.807, 2.05) is 19.1 Å². The van der Waals surface area contributed by atoms with Gasteiger partial charge in [-0.3, -0.25) is 4.98 Å². The number of hydrogen-bond acceptors (Lipinski definition) is 3. The van der Waals surface area contributed by atoms with Crippen molar-refractivity contribution in [2.75, 3.05) is 5.32 Å². The summed E-state index contributed by atoms with van der Waals surface area (Å²) in [7, 11) is 0. The SMILES string of the molecule is CC1Nc2cccc(Cl)c2OC1c1ccc(F)cn1. The molecule has 98 valence electrons. The van der Waals surface area contributed by atoms with Crippen molar-refractivity contribution in [1.82, 2.24) is 4.98 Å². The lowest BCUT2D eigenvalue weighted by Crippen LogP contribution is -2.33. The Hall–Kier alpha value is -1.81. The van der Waals surface area contributed by atoms with Crippen LogP contribution in [-0.4, -0.2) is 11.0 Å². The number of ether oxygens (including phenoxy) is 1. The molecule has 2 unspecified atom stereocenters. The molecule has 0 saturated carbocycles. The summed E-state index contributed by atoms with van der Waals surface area (Å²) in [6, 6.07) is 8.56. The normalized spacial score (nSPS) is 21.2. The number of nitrogens with zero attached hydrogens (tertiary/aromatic N) is 1. The largest absolute Gasteiger partial charge is 0.478 e. The van der Waals surface area contributed by atoms with Crippen LogP contribution in [0.1, 0.15) is 18.7 Å². The van der Waals surface area contributed by atoms with Gasteiger partial charge in [0.05, 0.1) is 28.6 Å². The Labute approximate surface area is 115 Å². The standard InChI is InChI=1S/C14H12ClFN2O/c1-8-13(11-6-5-9(16)7-17-11)19-14-10(15)3-2-4-12(14)18-8/h2-8,13,18H,1H3. The molecule has 0 spiro atoms. The molecule has 1 aliphatic heterocycles. The number of pyridine rings is 1. The second kappa shape index (κ2) is 4.70. The van der Waals surface area contributed by atoms with E-state index in [-0.39, 0.29) is 18.0 Å². The van der Waals surface area contributed by atoms with Crippen molar-refractivity contribution in [2.45, 2.75) is 19.1 Å². The number of nitrogens with one attached hydrogen (secondary N) is 1. The number of anilines is 1. The smallest absolute Gasteiger partial charge is 0.162 e. The van der Waals surface area contributed by atoms with Gasteiger partial charge in [0.2, 0.25) is 0 Å². The van der Waals surface area contributed by atoms with Crippen LogP contribution in [-0.2, 0) is 0 Å². The molecule has 0 saturated heterocycles. The topological polar surface area (TPSA) is 34.1 Å². The molecule has 1 aromatic carbocycles. The van der Waals surface area contributed by atoms with Gasteiger partial charge >= 0.3 is 0 Å². The maximum absolute atomic E-state index is 12.9. The van der Waals surface area contributed by atoms with Gasteiger partial charge in [-0.2, -0.15) is 0 Å². The highest BCUT2D eigenvalue weighted by Gasteiger charge is 2.29. The molecule has 5 heteroatoms. The Morgan fingerprint density at radius 3 is 2.89 bits per heavy atom. The average molecular weight is 279 g/mol. The molecule has 0 bridgehead atoms. The van der Waals surface area contributed by atoms with E-state index in [0.29, 0.717) is 16.5 Å². The summed E-state index contributed by atoms with van der Waals surface area (Å²) in [4.78, 5) is 4.07. The molecule has 0 fully saturated rings. The first-order chi connectivity index (χ1) is 9.15. The van der Waals surface area contributed by atoms with Crippen LogP contribution in [0.4, 0.5) is 10.1 Å².